The van der Waals surface area contributed by atoms with E-state index in [0.717, 1.165) is 22.9 Å². The predicted molar refractivity (Wildman–Crippen MR) is 93.9 cm³/mol. The van der Waals surface area contributed by atoms with Crippen molar-refractivity contribution >= 4 is 23.6 Å². The fraction of sp³-hybridized carbons (Fsp3) is 0.529. The van der Waals surface area contributed by atoms with Crippen LogP contribution in [-0.2, 0) is 16.1 Å². The maximum atomic E-state index is 12.6. The lowest BCUT2D eigenvalue weighted by molar-refractivity contribution is -0.147. The molecule has 24 heavy (non-hydrogen) atoms. The Hall–Kier alpha value is -1.73. The summed E-state index contributed by atoms with van der Waals surface area (Å²) in [5.74, 6) is 2.56. The molecule has 0 aliphatic carbocycles. The number of piperazine rings is 1. The van der Waals surface area contributed by atoms with Crippen LogP contribution in [0, 0.1) is 0 Å². The summed E-state index contributed by atoms with van der Waals surface area (Å²) in [5, 5.41) is 0. The van der Waals surface area contributed by atoms with Crippen LogP contribution in [0.25, 0.3) is 0 Å². The number of hydrogen-bond donors (Lipinski definition) is 0. The van der Waals surface area contributed by atoms with Crippen LogP contribution < -0.4 is 4.74 Å². The zero-order valence-corrected chi connectivity index (χ0v) is 14.9. The van der Waals surface area contributed by atoms with Gasteiger partial charge in [-0.25, -0.2) is 0 Å². The minimum absolute atomic E-state index is 0.00530. The molecule has 6 nitrogen and oxygen atoms in total. The highest BCUT2D eigenvalue weighted by molar-refractivity contribution is 7.99. The van der Waals surface area contributed by atoms with Gasteiger partial charge in [-0.2, -0.15) is 0 Å². The largest absolute Gasteiger partial charge is 0.497 e. The molecule has 0 unspecified atom stereocenters. The second-order valence-electron chi connectivity index (χ2n) is 6.20. The van der Waals surface area contributed by atoms with Crippen molar-refractivity contribution < 1.29 is 14.3 Å². The molecule has 1 aromatic carbocycles. The number of likely N-dealkylation sites (N-methyl/N-ethyl adjacent to an activating group) is 1. The number of benzene rings is 1. The Balaban J connectivity index is 1.59. The molecule has 2 aliphatic heterocycles. The summed E-state index contributed by atoms with van der Waals surface area (Å²) in [6.07, 6.45) is 0. The molecule has 2 heterocycles. The standard InChI is InChI=1S/C17H23N3O3S/c1-18-12-24-11-15(18)17(22)20-7-6-19(16(21)10-20)9-13-4-3-5-14(8-13)23-2/h3-5,8,15H,6-7,9-12H2,1-2H3/t15-/m0/s1. The molecule has 0 radical (unpaired) electrons. The highest BCUT2D eigenvalue weighted by Gasteiger charge is 2.35. The van der Waals surface area contributed by atoms with E-state index in [9.17, 15) is 9.59 Å². The summed E-state index contributed by atoms with van der Waals surface area (Å²) < 4.78 is 5.22. The first-order valence-corrected chi connectivity index (χ1v) is 9.21. The van der Waals surface area contributed by atoms with E-state index in [4.69, 9.17) is 4.74 Å². The van der Waals surface area contributed by atoms with Gasteiger partial charge in [0.1, 0.15) is 5.75 Å². The molecule has 7 heteroatoms. The molecule has 0 spiro atoms. The number of ether oxygens (including phenoxy) is 1. The molecule has 2 fully saturated rings. The van der Waals surface area contributed by atoms with Gasteiger partial charge in [0.15, 0.2) is 0 Å². The van der Waals surface area contributed by atoms with Gasteiger partial charge in [-0.3, -0.25) is 14.5 Å². The zero-order chi connectivity index (χ0) is 17.1. The van der Waals surface area contributed by atoms with Crippen LogP contribution in [0.3, 0.4) is 0 Å². The van der Waals surface area contributed by atoms with E-state index in [1.807, 2.05) is 36.2 Å². The molecule has 3 rings (SSSR count). The number of rotatable bonds is 4. The molecule has 0 N–H and O–H groups in total. The Morgan fingerprint density at radius 3 is 2.88 bits per heavy atom. The first-order valence-electron chi connectivity index (χ1n) is 8.06. The van der Waals surface area contributed by atoms with E-state index in [-0.39, 0.29) is 24.4 Å². The Labute approximate surface area is 146 Å². The summed E-state index contributed by atoms with van der Waals surface area (Å²) in [7, 11) is 3.59. The number of hydrogen-bond acceptors (Lipinski definition) is 5. The van der Waals surface area contributed by atoms with Gasteiger partial charge in [0.25, 0.3) is 0 Å². The molecule has 1 aromatic rings. The highest BCUT2D eigenvalue weighted by atomic mass is 32.2. The van der Waals surface area contributed by atoms with Crippen LogP contribution in [0.2, 0.25) is 0 Å². The summed E-state index contributed by atoms with van der Waals surface area (Å²) in [6, 6.07) is 7.64. The fourth-order valence-electron chi connectivity index (χ4n) is 3.05. The van der Waals surface area contributed by atoms with Gasteiger partial charge in [-0.15, -0.1) is 11.8 Å². The van der Waals surface area contributed by atoms with Gasteiger partial charge in [0.05, 0.1) is 19.7 Å². The second-order valence-corrected chi connectivity index (χ2v) is 7.20. The van der Waals surface area contributed by atoms with Crippen LogP contribution in [0.5, 0.6) is 5.75 Å². The summed E-state index contributed by atoms with van der Waals surface area (Å²) in [4.78, 5) is 30.6. The lowest BCUT2D eigenvalue weighted by atomic mass is 10.1. The first-order chi connectivity index (χ1) is 11.6. The maximum Gasteiger partial charge on any atom is 0.242 e. The molecule has 0 aromatic heterocycles. The van der Waals surface area contributed by atoms with Crippen molar-refractivity contribution in [2.75, 3.05) is 45.4 Å². The molecular weight excluding hydrogens is 326 g/mol. The zero-order valence-electron chi connectivity index (χ0n) is 14.1. The lowest BCUT2D eigenvalue weighted by Gasteiger charge is -2.36. The van der Waals surface area contributed by atoms with Crippen molar-refractivity contribution in [1.29, 1.82) is 0 Å². The third-order valence-electron chi connectivity index (χ3n) is 4.53. The third kappa shape index (κ3) is 3.67. The van der Waals surface area contributed by atoms with E-state index in [1.54, 1.807) is 23.8 Å². The van der Waals surface area contributed by atoms with Gasteiger partial charge in [-0.05, 0) is 24.7 Å². The van der Waals surface area contributed by atoms with Crippen LogP contribution >= 0.6 is 11.8 Å². The van der Waals surface area contributed by atoms with Gasteiger partial charge in [0, 0.05) is 31.3 Å². The van der Waals surface area contributed by atoms with E-state index < -0.39 is 0 Å². The molecule has 2 aliphatic rings. The van der Waals surface area contributed by atoms with Crippen LogP contribution in [0.15, 0.2) is 24.3 Å². The average molecular weight is 349 g/mol. The van der Waals surface area contributed by atoms with Crippen molar-refractivity contribution in [1.82, 2.24) is 14.7 Å². The summed E-state index contributed by atoms with van der Waals surface area (Å²) in [5.41, 5.74) is 1.04. The van der Waals surface area contributed by atoms with E-state index in [1.165, 1.54) is 0 Å². The second kappa shape index (κ2) is 7.44. The van der Waals surface area contributed by atoms with Crippen molar-refractivity contribution in [3.8, 4) is 5.75 Å². The maximum absolute atomic E-state index is 12.6. The molecule has 1 atom stereocenters. The summed E-state index contributed by atoms with van der Waals surface area (Å²) >= 11 is 1.76. The average Bonchev–Trinajstić information content (AvgIpc) is 3.02. The molecular formula is C17H23N3O3S. The predicted octanol–water partition coefficient (Wildman–Crippen LogP) is 0.871. The summed E-state index contributed by atoms with van der Waals surface area (Å²) in [6.45, 7) is 1.91. The molecule has 0 bridgehead atoms. The van der Waals surface area contributed by atoms with E-state index in [2.05, 4.69) is 4.90 Å². The monoisotopic (exact) mass is 349 g/mol. The van der Waals surface area contributed by atoms with Gasteiger partial charge in [0.2, 0.25) is 11.8 Å². The lowest BCUT2D eigenvalue weighted by Crippen LogP contribution is -2.55. The number of carbonyl (C=O) groups excluding carboxylic acids is 2. The quantitative estimate of drug-likeness (QED) is 0.807. The van der Waals surface area contributed by atoms with Crippen LogP contribution in [0.4, 0.5) is 0 Å². The molecule has 2 amide bonds. The Bertz CT molecular complexity index is 625. The molecule has 130 valence electrons. The SMILES string of the molecule is COc1cccc(CN2CCN(C(=O)[C@@H]3CSCN3C)CC2=O)c1. The Morgan fingerprint density at radius 2 is 2.21 bits per heavy atom. The third-order valence-corrected chi connectivity index (χ3v) is 5.67. The topological polar surface area (TPSA) is 53.1 Å². The number of thioether (sulfide) groups is 1. The van der Waals surface area contributed by atoms with Gasteiger partial charge < -0.3 is 14.5 Å². The van der Waals surface area contributed by atoms with Crippen molar-refractivity contribution in [2.45, 2.75) is 12.6 Å². The Morgan fingerprint density at radius 1 is 1.38 bits per heavy atom. The molecule has 0 saturated carbocycles. The number of amides is 2. The van der Waals surface area contributed by atoms with Crippen molar-refractivity contribution in [3.05, 3.63) is 29.8 Å². The normalized spacial score (nSPS) is 22.1. The van der Waals surface area contributed by atoms with Gasteiger partial charge in [-0.1, -0.05) is 12.1 Å². The van der Waals surface area contributed by atoms with Crippen LogP contribution in [0.1, 0.15) is 5.56 Å². The number of carbonyl (C=O) groups is 2. The fourth-order valence-corrected chi connectivity index (χ4v) is 4.24. The van der Waals surface area contributed by atoms with E-state index >= 15 is 0 Å². The number of nitrogens with zero attached hydrogens (tertiary/aromatic N) is 3. The van der Waals surface area contributed by atoms with Gasteiger partial charge >= 0.3 is 0 Å². The highest BCUT2D eigenvalue weighted by Crippen LogP contribution is 2.21. The minimum atomic E-state index is -0.0901. The smallest absolute Gasteiger partial charge is 0.242 e. The Kier molecular flexibility index (Phi) is 5.30. The molecule has 2 saturated heterocycles. The van der Waals surface area contributed by atoms with Crippen LogP contribution in [-0.4, -0.2) is 78.0 Å². The van der Waals surface area contributed by atoms with E-state index in [0.29, 0.717) is 19.6 Å². The van der Waals surface area contributed by atoms with Crippen molar-refractivity contribution in [2.24, 2.45) is 0 Å². The number of methoxy groups -OCH3 is 1. The van der Waals surface area contributed by atoms with Crippen molar-refractivity contribution in [3.63, 3.8) is 0 Å². The first kappa shape index (κ1) is 17.1. The minimum Gasteiger partial charge on any atom is -0.497 e.